The first-order valence-electron chi connectivity index (χ1n) is 6.00. The maximum atomic E-state index is 8.34. The Hall–Kier alpha value is -0.280. The number of hydrogen-bond donors (Lipinski definition) is 1. The third-order valence-electron chi connectivity index (χ3n) is 1.39. The molecule has 0 aromatic rings. The molecule has 1 N–H and O–H groups in total. The molecule has 0 radical (unpaired) electrons. The lowest BCUT2D eigenvalue weighted by molar-refractivity contribution is 0.0533. The average molecular weight is 253 g/mol. The fourth-order valence-electron chi connectivity index (χ4n) is 0.729. The van der Waals surface area contributed by atoms with Crippen molar-refractivity contribution in [3.63, 3.8) is 0 Å². The molecule has 6 nitrogen and oxygen atoms in total. The number of ether oxygens (including phenoxy) is 2. The lowest BCUT2D eigenvalue weighted by atomic mass is 10.5. The topological polar surface area (TPSA) is 72.7 Å². The molecule has 0 saturated heterocycles. The average Bonchev–Trinajstić information content (AvgIpc) is 2.35. The van der Waals surface area contributed by atoms with E-state index in [0.717, 1.165) is 0 Å². The van der Waals surface area contributed by atoms with E-state index < -0.39 is 15.6 Å². The molecule has 0 heterocycles. The van der Waals surface area contributed by atoms with Gasteiger partial charge in [-0.05, 0) is 7.05 Å². The highest BCUT2D eigenvalue weighted by Crippen LogP contribution is 2.32. The second-order valence-electron chi connectivity index (χ2n) is 2.54. The summed E-state index contributed by atoms with van der Waals surface area (Å²) >= 11 is 0. The molecule has 0 aliphatic carbocycles. The molecule has 0 fully saturated rings. The molecular formula is C9H19N2O4P. The Morgan fingerprint density at radius 3 is 2.81 bits per heavy atom. The minimum atomic E-state index is -1.27. The lowest BCUT2D eigenvalue weighted by Crippen LogP contribution is -2.11. The summed E-state index contributed by atoms with van der Waals surface area (Å²) in [5, 5.41) is 11.2. The molecule has 0 saturated carbocycles. The molecule has 16 heavy (non-hydrogen) atoms. The molecule has 0 aromatic heterocycles. The first-order chi connectivity index (χ1) is 8.70. The van der Waals surface area contributed by atoms with E-state index in [4.69, 9.17) is 21.8 Å². The van der Waals surface area contributed by atoms with E-state index in [2.05, 4.69) is 9.82 Å². The quantitative estimate of drug-likeness (QED) is 0.438. The molecular weight excluding hydrogens is 231 g/mol. The van der Waals surface area contributed by atoms with Crippen LogP contribution in [0.5, 0.6) is 0 Å². The predicted molar refractivity (Wildman–Crippen MR) is 60.8 cm³/mol. The Balaban J connectivity index is 3.31. The molecule has 2 atom stereocenters. The highest BCUT2D eigenvalue weighted by atomic mass is 31.2. The third-order valence-corrected chi connectivity index (χ3v) is 2.59. The van der Waals surface area contributed by atoms with E-state index in [1.807, 2.05) is 6.07 Å². The van der Waals surface area contributed by atoms with Crippen molar-refractivity contribution in [2.24, 2.45) is 0 Å². The molecule has 0 rings (SSSR count). The van der Waals surface area contributed by atoms with Gasteiger partial charge in [0.05, 0.1) is 48.3 Å². The van der Waals surface area contributed by atoms with Gasteiger partial charge in [0.1, 0.15) is 0 Å². The van der Waals surface area contributed by atoms with E-state index in [0.29, 0.717) is 32.8 Å². The van der Waals surface area contributed by atoms with Crippen molar-refractivity contribution >= 4 is 8.53 Å². The van der Waals surface area contributed by atoms with E-state index in [1.165, 1.54) is 0 Å². The van der Waals surface area contributed by atoms with Crippen molar-refractivity contribution < 1.29 is 21.3 Å². The molecule has 0 aliphatic rings. The zero-order chi connectivity index (χ0) is 13.6. The summed E-state index contributed by atoms with van der Waals surface area (Å²) in [6.07, 6.45) is 0.332. The van der Waals surface area contributed by atoms with Crippen molar-refractivity contribution in [3.05, 3.63) is 0 Å². The molecule has 2 unspecified atom stereocenters. The van der Waals surface area contributed by atoms with Gasteiger partial charge in [-0.1, -0.05) is 0 Å². The van der Waals surface area contributed by atoms with Gasteiger partial charge < -0.3 is 18.5 Å². The van der Waals surface area contributed by atoms with Crippen LogP contribution in [0.15, 0.2) is 0 Å². The van der Waals surface area contributed by atoms with Crippen LogP contribution in [0.3, 0.4) is 0 Å². The second kappa shape index (κ2) is 12.8. The van der Waals surface area contributed by atoms with Crippen LogP contribution in [0.4, 0.5) is 0 Å². The van der Waals surface area contributed by atoms with Crippen LogP contribution in [0.2, 0.25) is 0 Å². The summed E-state index contributed by atoms with van der Waals surface area (Å²) in [6.45, 7) is 1.63. The van der Waals surface area contributed by atoms with Crippen molar-refractivity contribution in [2.75, 3.05) is 47.1 Å². The summed E-state index contributed by atoms with van der Waals surface area (Å²) in [5.74, 6) is 0. The van der Waals surface area contributed by atoms with E-state index in [9.17, 15) is 0 Å². The number of nitriles is 1. The van der Waals surface area contributed by atoms with Gasteiger partial charge in [0.2, 0.25) is 0 Å². The van der Waals surface area contributed by atoms with Crippen LogP contribution in [-0.4, -0.2) is 47.1 Å². The third kappa shape index (κ3) is 10.2. The van der Waals surface area contributed by atoms with Crippen LogP contribution in [0, 0.1) is 11.3 Å². The summed E-state index contributed by atoms with van der Waals surface area (Å²) < 4.78 is 34.0. The standard InChI is InChI=1S/C9H19N2O4P/c1-11-16(14-5-3-4-10)15-9-8-13-7-6-12-2/h11H,3,5-9H2,1-2H3/i2TD. The van der Waals surface area contributed by atoms with Gasteiger partial charge in [0.25, 0.3) is 8.53 Å². The van der Waals surface area contributed by atoms with Crippen molar-refractivity contribution in [2.45, 2.75) is 6.42 Å². The molecule has 0 amide bonds. The van der Waals surface area contributed by atoms with Gasteiger partial charge in [-0.2, -0.15) is 5.26 Å². The Kier molecular flexibility index (Phi) is 9.74. The largest absolute Gasteiger partial charge is 0.382 e. The van der Waals surface area contributed by atoms with Crippen LogP contribution >= 0.6 is 8.53 Å². The Morgan fingerprint density at radius 1 is 1.38 bits per heavy atom. The lowest BCUT2D eigenvalue weighted by Gasteiger charge is -2.14. The molecule has 0 aliphatic heterocycles. The number of nitrogens with one attached hydrogen (secondary N) is 1. The number of methoxy groups -OCH3 is 1. The zero-order valence-electron chi connectivity index (χ0n) is 11.3. The van der Waals surface area contributed by atoms with Gasteiger partial charge >= 0.3 is 0 Å². The fraction of sp³-hybridized carbons (Fsp3) is 0.889. The summed E-state index contributed by atoms with van der Waals surface area (Å²) in [6, 6.07) is 1.98. The molecule has 0 aromatic carbocycles. The SMILES string of the molecule is [2H]C([3H])OCCOCCOP(NC)OCCC#N. The van der Waals surface area contributed by atoms with E-state index in [-0.39, 0.29) is 6.61 Å². The summed E-state index contributed by atoms with van der Waals surface area (Å²) in [5.41, 5.74) is 0. The number of hydrogen-bond acceptors (Lipinski definition) is 6. The highest BCUT2D eigenvalue weighted by Gasteiger charge is 2.06. The van der Waals surface area contributed by atoms with Gasteiger partial charge in [0, 0.05) is 7.06 Å². The minimum Gasteiger partial charge on any atom is -0.382 e. The van der Waals surface area contributed by atoms with Gasteiger partial charge in [-0.3, -0.25) is 5.09 Å². The maximum Gasteiger partial charge on any atom is 0.255 e. The van der Waals surface area contributed by atoms with Gasteiger partial charge in [-0.25, -0.2) is 0 Å². The monoisotopic (exact) mass is 253 g/mol. The first kappa shape index (κ1) is 12.2. The van der Waals surface area contributed by atoms with Crippen molar-refractivity contribution in [1.82, 2.24) is 5.09 Å². The van der Waals surface area contributed by atoms with E-state index in [1.54, 1.807) is 7.05 Å². The normalized spacial score (nSPS) is 16.0. The van der Waals surface area contributed by atoms with Crippen LogP contribution < -0.4 is 5.09 Å². The predicted octanol–water partition coefficient (Wildman–Crippen LogP) is 1.04. The second-order valence-corrected chi connectivity index (χ2v) is 4.02. The molecule has 7 heteroatoms. The van der Waals surface area contributed by atoms with Crippen LogP contribution in [0.1, 0.15) is 9.16 Å². The smallest absolute Gasteiger partial charge is 0.255 e. The number of rotatable bonds is 11. The van der Waals surface area contributed by atoms with Crippen molar-refractivity contribution in [1.29, 1.82) is 5.26 Å². The Bertz CT molecular complexity index is 231. The van der Waals surface area contributed by atoms with Gasteiger partial charge in [-0.15, -0.1) is 0 Å². The van der Waals surface area contributed by atoms with Crippen molar-refractivity contribution in [3.8, 4) is 6.07 Å². The van der Waals surface area contributed by atoms with E-state index >= 15 is 0 Å². The van der Waals surface area contributed by atoms with Crippen LogP contribution in [-0.2, 0) is 18.5 Å². The minimum absolute atomic E-state index is 0.219. The van der Waals surface area contributed by atoms with Crippen LogP contribution in [0.25, 0.3) is 0 Å². The summed E-state index contributed by atoms with van der Waals surface area (Å²) in [4.78, 5) is 0. The number of nitrogens with zero attached hydrogens (tertiary/aromatic N) is 1. The molecule has 0 spiro atoms. The highest BCUT2D eigenvalue weighted by molar-refractivity contribution is 7.44. The Morgan fingerprint density at radius 2 is 2.12 bits per heavy atom. The molecule has 94 valence electrons. The Labute approximate surface area is 101 Å². The first-order valence-corrected chi connectivity index (χ1v) is 6.02. The fourth-order valence-corrected chi connectivity index (χ4v) is 1.56. The van der Waals surface area contributed by atoms with Gasteiger partial charge in [0.15, 0.2) is 0 Å². The molecule has 0 bridgehead atoms. The maximum absolute atomic E-state index is 8.34. The zero-order valence-corrected chi connectivity index (χ0v) is 10.2. The summed E-state index contributed by atoms with van der Waals surface area (Å²) in [7, 11) is -0.728.